The molecular formula is C26H35ClN4O2S. The number of halogens is 1. The maximum atomic E-state index is 13.1. The molecule has 8 heteroatoms. The van der Waals surface area contributed by atoms with Gasteiger partial charge in [-0.05, 0) is 57.2 Å². The molecule has 34 heavy (non-hydrogen) atoms. The molecule has 2 heterocycles. The Labute approximate surface area is 211 Å². The van der Waals surface area contributed by atoms with E-state index in [4.69, 9.17) is 11.6 Å². The molecule has 2 aromatic heterocycles. The van der Waals surface area contributed by atoms with Crippen LogP contribution in [-0.2, 0) is 4.79 Å². The Kier molecular flexibility index (Phi) is 8.48. The lowest BCUT2D eigenvalue weighted by Crippen LogP contribution is -2.49. The zero-order chi connectivity index (χ0) is 24.1. The van der Waals surface area contributed by atoms with Crippen molar-refractivity contribution in [2.75, 3.05) is 5.32 Å². The lowest BCUT2D eigenvalue weighted by Gasteiger charge is -2.23. The topological polar surface area (TPSA) is 83.1 Å². The number of aryl methyl sites for hydroxylation is 1. The van der Waals surface area contributed by atoms with Crippen LogP contribution in [0.5, 0.6) is 0 Å². The molecule has 0 saturated heterocycles. The van der Waals surface area contributed by atoms with E-state index in [2.05, 4.69) is 20.9 Å². The van der Waals surface area contributed by atoms with E-state index in [0.717, 1.165) is 48.4 Å². The largest absolute Gasteiger partial charge is 0.376 e. The first-order valence-corrected chi connectivity index (χ1v) is 13.7. The Morgan fingerprint density at radius 2 is 1.85 bits per heavy atom. The van der Waals surface area contributed by atoms with Gasteiger partial charge in [-0.25, -0.2) is 0 Å². The van der Waals surface area contributed by atoms with Crippen molar-refractivity contribution in [2.45, 2.75) is 89.8 Å². The number of amides is 2. The third-order valence-corrected chi connectivity index (χ3v) is 8.54. The van der Waals surface area contributed by atoms with Gasteiger partial charge < -0.3 is 16.0 Å². The van der Waals surface area contributed by atoms with Crippen LogP contribution in [0.25, 0.3) is 0 Å². The molecular weight excluding hydrogens is 468 g/mol. The Hall–Kier alpha value is -2.12. The first-order valence-electron chi connectivity index (χ1n) is 12.5. The normalized spacial score (nSPS) is 18.6. The van der Waals surface area contributed by atoms with Gasteiger partial charge in [0.05, 0.1) is 27.3 Å². The van der Waals surface area contributed by atoms with Gasteiger partial charge in [-0.2, -0.15) is 0 Å². The van der Waals surface area contributed by atoms with Crippen molar-refractivity contribution in [1.29, 1.82) is 0 Å². The summed E-state index contributed by atoms with van der Waals surface area (Å²) in [4.78, 5) is 32.2. The Bertz CT molecular complexity index is 998. The van der Waals surface area contributed by atoms with Gasteiger partial charge in [-0.1, -0.05) is 50.1 Å². The number of rotatable bonds is 9. The maximum Gasteiger partial charge on any atom is 0.262 e. The summed E-state index contributed by atoms with van der Waals surface area (Å²) in [6.45, 7) is 3.98. The predicted octanol–water partition coefficient (Wildman–Crippen LogP) is 6.02. The van der Waals surface area contributed by atoms with Crippen LogP contribution in [0.4, 0.5) is 5.69 Å². The summed E-state index contributed by atoms with van der Waals surface area (Å²) in [6.07, 6.45) is 11.5. The van der Waals surface area contributed by atoms with Crippen molar-refractivity contribution in [2.24, 2.45) is 5.92 Å². The van der Waals surface area contributed by atoms with Gasteiger partial charge in [0.15, 0.2) is 0 Å². The summed E-state index contributed by atoms with van der Waals surface area (Å²) in [6, 6.07) is 5.44. The van der Waals surface area contributed by atoms with Crippen molar-refractivity contribution < 1.29 is 9.59 Å². The van der Waals surface area contributed by atoms with Gasteiger partial charge >= 0.3 is 0 Å². The molecule has 2 amide bonds. The smallest absolute Gasteiger partial charge is 0.262 e. The van der Waals surface area contributed by atoms with Crippen LogP contribution >= 0.6 is 22.9 Å². The quantitative estimate of drug-likeness (QED) is 0.391. The lowest BCUT2D eigenvalue weighted by molar-refractivity contribution is -0.124. The fraction of sp³-hybridized carbons (Fsp3) is 0.577. The molecule has 0 spiro atoms. The molecule has 2 saturated carbocycles. The van der Waals surface area contributed by atoms with Crippen molar-refractivity contribution in [3.63, 3.8) is 0 Å². The zero-order valence-corrected chi connectivity index (χ0v) is 21.6. The molecule has 2 aliphatic rings. The number of carbonyl (C=O) groups excluding carboxylic acids is 2. The van der Waals surface area contributed by atoms with Crippen LogP contribution in [0.1, 0.15) is 91.0 Å². The van der Waals surface area contributed by atoms with Crippen LogP contribution < -0.4 is 16.0 Å². The van der Waals surface area contributed by atoms with E-state index >= 15 is 0 Å². The molecule has 2 fully saturated rings. The van der Waals surface area contributed by atoms with Crippen LogP contribution in [0.15, 0.2) is 24.4 Å². The number of anilines is 1. The highest BCUT2D eigenvalue weighted by atomic mass is 35.5. The number of pyridine rings is 1. The summed E-state index contributed by atoms with van der Waals surface area (Å²) in [5.41, 5.74) is 1.74. The van der Waals surface area contributed by atoms with Gasteiger partial charge in [-0.3, -0.25) is 14.6 Å². The molecule has 2 aromatic rings. The number of hydrogen-bond donors (Lipinski definition) is 3. The van der Waals surface area contributed by atoms with Gasteiger partial charge in [0.1, 0.15) is 6.04 Å². The molecule has 0 aliphatic heterocycles. The van der Waals surface area contributed by atoms with Crippen LogP contribution in [0.3, 0.4) is 0 Å². The summed E-state index contributed by atoms with van der Waals surface area (Å²) in [5.74, 6) is 0.314. The fourth-order valence-electron chi connectivity index (χ4n) is 5.08. The lowest BCUT2D eigenvalue weighted by atomic mass is 9.97. The standard InChI is InChI=1S/C26H35ClN4O2S/c1-16-21(14-19(27)15-28-16)29-17(2)23-11-12-24(34-23)26(33)31-22(13-18-7-3-4-8-18)25(32)30-20-9-5-6-10-20/h11-12,14-15,17-18,20,22,29H,3-10,13H2,1-2H3,(H,30,32)(H,31,33). The van der Waals surface area contributed by atoms with E-state index in [0.29, 0.717) is 15.8 Å². The number of thiophene rings is 1. The van der Waals surface area contributed by atoms with Crippen molar-refractivity contribution in [3.8, 4) is 0 Å². The maximum absolute atomic E-state index is 13.1. The van der Waals surface area contributed by atoms with E-state index < -0.39 is 6.04 Å². The number of aromatic nitrogens is 1. The second-order valence-electron chi connectivity index (χ2n) is 9.76. The number of nitrogens with zero attached hydrogens (tertiary/aromatic N) is 1. The molecule has 6 nitrogen and oxygen atoms in total. The minimum absolute atomic E-state index is 0.00883. The molecule has 0 bridgehead atoms. The third kappa shape index (κ3) is 6.51. The highest BCUT2D eigenvalue weighted by Gasteiger charge is 2.29. The van der Waals surface area contributed by atoms with Gasteiger partial charge in [0, 0.05) is 17.1 Å². The third-order valence-electron chi connectivity index (χ3n) is 7.07. The van der Waals surface area contributed by atoms with Gasteiger partial charge in [0.25, 0.3) is 5.91 Å². The van der Waals surface area contributed by atoms with Crippen molar-refractivity contribution in [3.05, 3.63) is 44.9 Å². The molecule has 2 unspecified atom stereocenters. The molecule has 3 N–H and O–H groups in total. The monoisotopic (exact) mass is 502 g/mol. The number of carbonyl (C=O) groups is 2. The summed E-state index contributed by atoms with van der Waals surface area (Å²) < 4.78 is 0. The van der Waals surface area contributed by atoms with Crippen LogP contribution in [0.2, 0.25) is 5.02 Å². The van der Waals surface area contributed by atoms with E-state index in [1.54, 1.807) is 6.20 Å². The van der Waals surface area contributed by atoms with E-state index in [9.17, 15) is 9.59 Å². The second-order valence-corrected chi connectivity index (χ2v) is 11.3. The number of hydrogen-bond acceptors (Lipinski definition) is 5. The van der Waals surface area contributed by atoms with Gasteiger partial charge in [-0.15, -0.1) is 11.3 Å². The molecule has 184 valence electrons. The molecule has 4 rings (SSSR count). The summed E-state index contributed by atoms with van der Waals surface area (Å²) in [5, 5.41) is 10.3. The van der Waals surface area contributed by atoms with Gasteiger partial charge in [0.2, 0.25) is 5.91 Å². The Morgan fingerprint density at radius 1 is 1.15 bits per heavy atom. The zero-order valence-electron chi connectivity index (χ0n) is 20.0. The minimum Gasteiger partial charge on any atom is -0.376 e. The average Bonchev–Trinajstić information content (AvgIpc) is 3.58. The summed E-state index contributed by atoms with van der Waals surface area (Å²) >= 11 is 7.54. The SMILES string of the molecule is Cc1ncc(Cl)cc1NC(C)c1ccc(C(=O)NC(CC2CCCC2)C(=O)NC2CCCC2)s1. The van der Waals surface area contributed by atoms with E-state index in [1.165, 1.54) is 37.0 Å². The first kappa shape index (κ1) is 25.0. The van der Waals surface area contributed by atoms with Crippen LogP contribution in [0, 0.1) is 12.8 Å². The molecule has 0 radical (unpaired) electrons. The highest BCUT2D eigenvalue weighted by molar-refractivity contribution is 7.14. The van der Waals surface area contributed by atoms with Crippen molar-refractivity contribution >= 4 is 40.4 Å². The molecule has 0 aromatic carbocycles. The molecule has 2 aliphatic carbocycles. The molecule has 2 atom stereocenters. The average molecular weight is 503 g/mol. The van der Waals surface area contributed by atoms with E-state index in [1.807, 2.05) is 32.0 Å². The second kappa shape index (κ2) is 11.5. The first-order chi connectivity index (χ1) is 16.4. The Morgan fingerprint density at radius 3 is 2.59 bits per heavy atom. The fourth-order valence-corrected chi connectivity index (χ4v) is 6.15. The summed E-state index contributed by atoms with van der Waals surface area (Å²) in [7, 11) is 0. The predicted molar refractivity (Wildman–Crippen MR) is 139 cm³/mol. The minimum atomic E-state index is -0.475. The van der Waals surface area contributed by atoms with Crippen molar-refractivity contribution in [1.82, 2.24) is 15.6 Å². The van der Waals surface area contributed by atoms with Crippen LogP contribution in [-0.4, -0.2) is 28.9 Å². The number of nitrogens with one attached hydrogen (secondary N) is 3. The highest BCUT2D eigenvalue weighted by Crippen LogP contribution is 2.30. The Balaban J connectivity index is 1.40. The van der Waals surface area contributed by atoms with E-state index in [-0.39, 0.29) is 23.9 Å².